The number of rotatable bonds is 5. The van der Waals surface area contributed by atoms with Crippen LogP contribution in [0.2, 0.25) is 0 Å². The maximum Gasteiger partial charge on any atom is 0.124 e. The Hall–Kier alpha value is -2.17. The third-order valence-electron chi connectivity index (χ3n) is 4.87. The van der Waals surface area contributed by atoms with Crippen LogP contribution < -0.4 is 4.74 Å². The van der Waals surface area contributed by atoms with Gasteiger partial charge in [-0.2, -0.15) is 0 Å². The molecule has 1 aromatic carbocycles. The van der Waals surface area contributed by atoms with Crippen molar-refractivity contribution in [1.82, 2.24) is 9.88 Å². The van der Waals surface area contributed by atoms with Gasteiger partial charge in [0.25, 0.3) is 0 Å². The van der Waals surface area contributed by atoms with E-state index >= 15 is 0 Å². The Morgan fingerprint density at radius 1 is 1.20 bits per heavy atom. The molecule has 0 fully saturated rings. The summed E-state index contributed by atoms with van der Waals surface area (Å²) in [5.41, 5.74) is 3.83. The Morgan fingerprint density at radius 2 is 2.12 bits per heavy atom. The molecule has 0 amide bonds. The van der Waals surface area contributed by atoms with Crippen LogP contribution in [0.15, 0.2) is 60.2 Å². The normalized spacial score (nSPS) is 17.2. The van der Waals surface area contributed by atoms with E-state index in [9.17, 15) is 0 Å². The van der Waals surface area contributed by atoms with Crippen LogP contribution in [0.25, 0.3) is 0 Å². The van der Waals surface area contributed by atoms with Crippen LogP contribution >= 0.6 is 11.3 Å². The van der Waals surface area contributed by atoms with Crippen molar-refractivity contribution in [3.63, 3.8) is 0 Å². The Balaban J connectivity index is 1.48. The van der Waals surface area contributed by atoms with Crippen molar-refractivity contribution >= 4 is 11.3 Å². The van der Waals surface area contributed by atoms with Gasteiger partial charge in [0, 0.05) is 47.5 Å². The van der Waals surface area contributed by atoms with Gasteiger partial charge in [0.1, 0.15) is 12.4 Å². The molecule has 1 unspecified atom stereocenters. The van der Waals surface area contributed by atoms with Gasteiger partial charge in [-0.15, -0.1) is 11.3 Å². The fraction of sp³-hybridized carbons (Fsp3) is 0.286. The molecule has 3 aromatic rings. The summed E-state index contributed by atoms with van der Waals surface area (Å²) in [5.74, 6) is 0.967. The molecular formula is C21H22N2OS. The summed E-state index contributed by atoms with van der Waals surface area (Å²) in [7, 11) is 0. The average Bonchev–Trinajstić information content (AvgIpc) is 3.14. The van der Waals surface area contributed by atoms with E-state index in [0.717, 1.165) is 30.8 Å². The van der Waals surface area contributed by atoms with Gasteiger partial charge >= 0.3 is 0 Å². The van der Waals surface area contributed by atoms with E-state index in [4.69, 9.17) is 4.74 Å². The molecule has 1 aliphatic heterocycles. The highest BCUT2D eigenvalue weighted by Gasteiger charge is 2.25. The number of aromatic nitrogens is 1. The molecule has 0 aliphatic carbocycles. The predicted molar refractivity (Wildman–Crippen MR) is 102 cm³/mol. The Morgan fingerprint density at radius 3 is 3.00 bits per heavy atom. The number of nitrogens with zero attached hydrogens (tertiary/aromatic N) is 2. The maximum atomic E-state index is 6.09. The minimum Gasteiger partial charge on any atom is -0.489 e. The standard InChI is InChI=1S/C21H22N2OS/c1-16-19-9-12-25-21(19)8-11-23(16)14-18-6-2-3-7-20(18)24-15-17-5-4-10-22-13-17/h2-7,9-10,12-13,16H,8,11,14-15H2,1H3. The van der Waals surface area contributed by atoms with Gasteiger partial charge in [0.05, 0.1) is 0 Å². The zero-order chi connectivity index (χ0) is 17.1. The second kappa shape index (κ2) is 7.38. The molecule has 4 rings (SSSR count). The highest BCUT2D eigenvalue weighted by atomic mass is 32.1. The van der Waals surface area contributed by atoms with Crippen molar-refractivity contribution in [2.24, 2.45) is 0 Å². The van der Waals surface area contributed by atoms with Crippen molar-refractivity contribution in [2.75, 3.05) is 6.54 Å². The van der Waals surface area contributed by atoms with Gasteiger partial charge in [-0.3, -0.25) is 9.88 Å². The van der Waals surface area contributed by atoms with Crippen LogP contribution in [0.3, 0.4) is 0 Å². The Kier molecular flexibility index (Phi) is 4.81. The lowest BCUT2D eigenvalue weighted by Crippen LogP contribution is -2.32. The van der Waals surface area contributed by atoms with E-state index in [1.54, 1.807) is 11.1 Å². The van der Waals surface area contributed by atoms with Crippen molar-refractivity contribution in [2.45, 2.75) is 32.5 Å². The second-order valence-electron chi connectivity index (χ2n) is 6.45. The van der Waals surface area contributed by atoms with Crippen molar-refractivity contribution in [3.05, 3.63) is 81.8 Å². The van der Waals surface area contributed by atoms with Crippen molar-refractivity contribution < 1.29 is 4.74 Å². The van der Waals surface area contributed by atoms with Gasteiger partial charge in [-0.05, 0) is 42.5 Å². The minimum absolute atomic E-state index is 0.460. The van der Waals surface area contributed by atoms with Crippen molar-refractivity contribution in [3.8, 4) is 5.75 Å². The molecule has 0 N–H and O–H groups in total. The number of hydrogen-bond donors (Lipinski definition) is 0. The summed E-state index contributed by atoms with van der Waals surface area (Å²) in [6.45, 7) is 4.88. The monoisotopic (exact) mass is 350 g/mol. The summed E-state index contributed by atoms with van der Waals surface area (Å²) >= 11 is 1.89. The fourth-order valence-electron chi connectivity index (χ4n) is 3.42. The molecule has 25 heavy (non-hydrogen) atoms. The number of fused-ring (bicyclic) bond motifs is 1. The highest BCUT2D eigenvalue weighted by Crippen LogP contribution is 2.34. The predicted octanol–water partition coefficient (Wildman–Crippen LogP) is 4.84. The summed E-state index contributed by atoms with van der Waals surface area (Å²) in [6.07, 6.45) is 4.79. The third kappa shape index (κ3) is 3.60. The summed E-state index contributed by atoms with van der Waals surface area (Å²) in [6, 6.07) is 15.1. The SMILES string of the molecule is CC1c2ccsc2CCN1Cc1ccccc1OCc1cccnc1. The first-order valence-electron chi connectivity index (χ1n) is 8.71. The largest absolute Gasteiger partial charge is 0.489 e. The second-order valence-corrected chi connectivity index (χ2v) is 7.45. The van der Waals surface area contributed by atoms with Crippen LogP contribution in [-0.4, -0.2) is 16.4 Å². The average molecular weight is 350 g/mol. The number of thiophene rings is 1. The van der Waals surface area contributed by atoms with Gasteiger partial charge in [-0.1, -0.05) is 24.3 Å². The van der Waals surface area contributed by atoms with Crippen LogP contribution in [0.4, 0.5) is 0 Å². The first-order valence-corrected chi connectivity index (χ1v) is 9.59. The van der Waals surface area contributed by atoms with Crippen LogP contribution in [0.5, 0.6) is 5.75 Å². The van der Waals surface area contributed by atoms with Gasteiger partial charge in [-0.25, -0.2) is 0 Å². The van der Waals surface area contributed by atoms with E-state index < -0.39 is 0 Å². The zero-order valence-corrected chi connectivity index (χ0v) is 15.2. The molecule has 3 nitrogen and oxygen atoms in total. The lowest BCUT2D eigenvalue weighted by Gasteiger charge is -2.34. The van der Waals surface area contributed by atoms with E-state index in [0.29, 0.717) is 12.6 Å². The summed E-state index contributed by atoms with van der Waals surface area (Å²) in [4.78, 5) is 8.24. The maximum absolute atomic E-state index is 6.09. The van der Waals surface area contributed by atoms with Crippen LogP contribution in [0.1, 0.15) is 34.5 Å². The Labute approximate surface area is 152 Å². The highest BCUT2D eigenvalue weighted by molar-refractivity contribution is 7.10. The molecule has 4 heteroatoms. The van der Waals surface area contributed by atoms with Crippen LogP contribution in [0, 0.1) is 0 Å². The number of pyridine rings is 1. The van der Waals surface area contributed by atoms with Crippen molar-refractivity contribution in [1.29, 1.82) is 0 Å². The minimum atomic E-state index is 0.460. The molecule has 1 aliphatic rings. The van der Waals surface area contributed by atoms with Gasteiger partial charge < -0.3 is 4.74 Å². The van der Waals surface area contributed by atoms with E-state index in [2.05, 4.69) is 46.5 Å². The summed E-state index contributed by atoms with van der Waals surface area (Å²) in [5, 5.41) is 2.22. The molecule has 0 spiro atoms. The first kappa shape index (κ1) is 16.3. The lowest BCUT2D eigenvalue weighted by atomic mass is 10.0. The molecule has 0 saturated carbocycles. The van der Waals surface area contributed by atoms with Gasteiger partial charge in [0.2, 0.25) is 0 Å². The zero-order valence-electron chi connectivity index (χ0n) is 14.4. The molecular weight excluding hydrogens is 328 g/mol. The molecule has 1 atom stereocenters. The number of ether oxygens (including phenoxy) is 1. The Bertz CT molecular complexity index is 831. The summed E-state index contributed by atoms with van der Waals surface area (Å²) < 4.78 is 6.09. The molecule has 128 valence electrons. The molecule has 0 radical (unpaired) electrons. The quantitative estimate of drug-likeness (QED) is 0.658. The lowest BCUT2D eigenvalue weighted by molar-refractivity contribution is 0.187. The van der Waals surface area contributed by atoms with Crippen LogP contribution in [-0.2, 0) is 19.6 Å². The molecule has 0 bridgehead atoms. The molecule has 3 heterocycles. The van der Waals surface area contributed by atoms with E-state index in [-0.39, 0.29) is 0 Å². The third-order valence-corrected chi connectivity index (χ3v) is 5.86. The number of para-hydroxylation sites is 1. The molecule has 2 aromatic heterocycles. The fourth-order valence-corrected chi connectivity index (χ4v) is 4.38. The number of benzene rings is 1. The first-order chi connectivity index (χ1) is 12.3. The van der Waals surface area contributed by atoms with E-state index in [1.807, 2.05) is 35.7 Å². The van der Waals surface area contributed by atoms with E-state index in [1.165, 1.54) is 11.1 Å². The topological polar surface area (TPSA) is 25.4 Å². The molecule has 0 saturated heterocycles. The smallest absolute Gasteiger partial charge is 0.124 e. The van der Waals surface area contributed by atoms with Gasteiger partial charge in [0.15, 0.2) is 0 Å². The number of hydrogen-bond acceptors (Lipinski definition) is 4.